The van der Waals surface area contributed by atoms with Crippen LogP contribution >= 0.6 is 28.1 Å². The van der Waals surface area contributed by atoms with Crippen molar-refractivity contribution in [1.29, 1.82) is 0 Å². The average Bonchev–Trinajstić information content (AvgIpc) is 2.07. The molecule has 0 aliphatic heterocycles. The molecule has 1 rings (SSSR count). The number of thiocarbonyl (C=S) groups is 1. The van der Waals surface area contributed by atoms with Crippen LogP contribution in [0.25, 0.3) is 0 Å². The van der Waals surface area contributed by atoms with Gasteiger partial charge in [0.2, 0.25) is 10.0 Å². The van der Waals surface area contributed by atoms with Crippen molar-refractivity contribution in [1.82, 2.24) is 4.98 Å². The number of hydrogen-bond acceptors (Lipinski definition) is 4. The van der Waals surface area contributed by atoms with Gasteiger partial charge < -0.3 is 5.73 Å². The van der Waals surface area contributed by atoms with Crippen molar-refractivity contribution in [3.8, 4) is 0 Å². The quantitative estimate of drug-likeness (QED) is 0.813. The van der Waals surface area contributed by atoms with Crippen LogP contribution in [-0.2, 0) is 10.0 Å². The summed E-state index contributed by atoms with van der Waals surface area (Å²) in [6.45, 7) is 1.75. The van der Waals surface area contributed by atoms with Crippen molar-refractivity contribution < 1.29 is 8.42 Å². The predicted molar refractivity (Wildman–Crippen MR) is 70.9 cm³/mol. The first-order valence-corrected chi connectivity index (χ1v) is 7.06. The summed E-state index contributed by atoms with van der Waals surface area (Å²) in [6, 6.07) is 1.76. The van der Waals surface area contributed by atoms with Crippen molar-refractivity contribution in [2.24, 2.45) is 5.73 Å². The number of sulfonamides is 1. The number of rotatable bonds is 4. The molecule has 1 heterocycles. The fourth-order valence-corrected chi connectivity index (χ4v) is 2.88. The highest BCUT2D eigenvalue weighted by molar-refractivity contribution is 9.10. The molecule has 0 fully saturated rings. The second-order valence-corrected chi connectivity index (χ2v) is 6.31. The molecule has 0 aromatic carbocycles. The number of aromatic nitrogens is 1. The van der Waals surface area contributed by atoms with Gasteiger partial charge in [0.05, 0.1) is 4.99 Å². The molecule has 0 unspecified atom stereocenters. The lowest BCUT2D eigenvalue weighted by atomic mass is 10.3. The van der Waals surface area contributed by atoms with E-state index in [-0.39, 0.29) is 16.6 Å². The number of hydrogen-bond donors (Lipinski definition) is 2. The first kappa shape index (κ1) is 13.3. The monoisotopic (exact) mass is 323 g/mol. The number of nitrogens with zero attached hydrogens (tertiary/aromatic N) is 1. The molecule has 3 N–H and O–H groups in total. The number of pyridine rings is 1. The smallest absolute Gasteiger partial charge is 0.240 e. The number of nitrogens with one attached hydrogen (secondary N) is 1. The van der Waals surface area contributed by atoms with Crippen LogP contribution in [0.15, 0.2) is 16.7 Å². The summed E-state index contributed by atoms with van der Waals surface area (Å²) < 4.78 is 26.1. The standard InChI is InChI=1S/C8H10BrN3O2S2/c1-5-2-6(9)3-11-8(5)12-16(13,14)4-7(10)15/h2-3H,4H2,1H3,(H2,10,15)(H,11,12). The number of halogens is 1. The van der Waals surface area contributed by atoms with Gasteiger partial charge in [0, 0.05) is 10.7 Å². The van der Waals surface area contributed by atoms with Gasteiger partial charge in [-0.1, -0.05) is 12.2 Å². The Labute approximate surface area is 108 Å². The van der Waals surface area contributed by atoms with Crippen LogP contribution in [0.1, 0.15) is 5.56 Å². The minimum absolute atomic E-state index is 0.0812. The molecular formula is C8H10BrN3O2S2. The van der Waals surface area contributed by atoms with Crippen molar-refractivity contribution in [3.05, 3.63) is 22.3 Å². The number of nitrogens with two attached hydrogens (primary N) is 1. The third-order valence-electron chi connectivity index (χ3n) is 1.63. The fraction of sp³-hybridized carbons (Fsp3) is 0.250. The number of anilines is 1. The largest absolute Gasteiger partial charge is 0.392 e. The molecule has 0 atom stereocenters. The molecule has 0 amide bonds. The van der Waals surface area contributed by atoms with Gasteiger partial charge >= 0.3 is 0 Å². The molecule has 0 spiro atoms. The van der Waals surface area contributed by atoms with E-state index in [1.807, 2.05) is 0 Å². The zero-order valence-corrected chi connectivity index (χ0v) is 11.6. The fourth-order valence-electron chi connectivity index (χ4n) is 1.02. The zero-order chi connectivity index (χ0) is 12.3. The number of aryl methyl sites for hydroxylation is 1. The summed E-state index contributed by atoms with van der Waals surface area (Å²) in [4.78, 5) is 3.87. The summed E-state index contributed by atoms with van der Waals surface area (Å²) >= 11 is 7.78. The highest BCUT2D eigenvalue weighted by atomic mass is 79.9. The van der Waals surface area contributed by atoms with E-state index in [9.17, 15) is 8.42 Å². The second kappa shape index (κ2) is 5.07. The third-order valence-corrected chi connectivity index (χ3v) is 3.59. The molecule has 1 aromatic rings. The normalized spacial score (nSPS) is 11.1. The van der Waals surface area contributed by atoms with Gasteiger partial charge in [0.25, 0.3) is 0 Å². The van der Waals surface area contributed by atoms with E-state index >= 15 is 0 Å². The van der Waals surface area contributed by atoms with Crippen LogP contribution in [-0.4, -0.2) is 24.1 Å². The van der Waals surface area contributed by atoms with E-state index in [0.29, 0.717) is 5.56 Å². The SMILES string of the molecule is Cc1cc(Br)cnc1NS(=O)(=O)CC(N)=S. The first-order valence-electron chi connectivity index (χ1n) is 4.21. The van der Waals surface area contributed by atoms with E-state index in [1.165, 1.54) is 6.20 Å². The van der Waals surface area contributed by atoms with Gasteiger partial charge in [-0.25, -0.2) is 13.4 Å². The van der Waals surface area contributed by atoms with Crippen molar-refractivity contribution in [2.45, 2.75) is 6.92 Å². The van der Waals surface area contributed by atoms with Crippen LogP contribution in [0.2, 0.25) is 0 Å². The topological polar surface area (TPSA) is 85.1 Å². The summed E-state index contributed by atoms with van der Waals surface area (Å²) in [5.41, 5.74) is 5.89. The van der Waals surface area contributed by atoms with Gasteiger partial charge in [0.15, 0.2) is 0 Å². The maximum atomic E-state index is 11.5. The molecule has 16 heavy (non-hydrogen) atoms. The Morgan fingerprint density at radius 2 is 2.31 bits per heavy atom. The van der Waals surface area contributed by atoms with Crippen LogP contribution < -0.4 is 10.5 Å². The van der Waals surface area contributed by atoms with Crippen LogP contribution in [0, 0.1) is 6.92 Å². The maximum Gasteiger partial charge on any atom is 0.240 e. The summed E-state index contributed by atoms with van der Waals surface area (Å²) in [7, 11) is -3.56. The van der Waals surface area contributed by atoms with Crippen LogP contribution in [0.3, 0.4) is 0 Å². The Balaban J connectivity index is 2.92. The molecular weight excluding hydrogens is 314 g/mol. The van der Waals surface area contributed by atoms with E-state index in [1.54, 1.807) is 13.0 Å². The Morgan fingerprint density at radius 1 is 1.69 bits per heavy atom. The van der Waals surface area contributed by atoms with E-state index in [2.05, 4.69) is 37.9 Å². The molecule has 0 aliphatic carbocycles. The molecule has 0 saturated carbocycles. The highest BCUT2D eigenvalue weighted by Gasteiger charge is 2.14. The van der Waals surface area contributed by atoms with Crippen molar-refractivity contribution in [2.75, 3.05) is 10.5 Å². The minimum Gasteiger partial charge on any atom is -0.392 e. The predicted octanol–water partition coefficient (Wildman–Crippen LogP) is 1.18. The maximum absolute atomic E-state index is 11.5. The lowest BCUT2D eigenvalue weighted by Crippen LogP contribution is -2.27. The van der Waals surface area contributed by atoms with Gasteiger partial charge in [-0.05, 0) is 34.5 Å². The van der Waals surface area contributed by atoms with Crippen LogP contribution in [0.4, 0.5) is 5.82 Å². The van der Waals surface area contributed by atoms with E-state index < -0.39 is 10.0 Å². The highest BCUT2D eigenvalue weighted by Crippen LogP contribution is 2.17. The van der Waals surface area contributed by atoms with E-state index in [0.717, 1.165) is 4.47 Å². The molecule has 0 bridgehead atoms. The van der Waals surface area contributed by atoms with Gasteiger partial charge in [-0.2, -0.15) is 0 Å². The van der Waals surface area contributed by atoms with Gasteiger partial charge in [0.1, 0.15) is 11.6 Å². The summed E-state index contributed by atoms with van der Waals surface area (Å²) in [5, 5.41) is 0. The first-order chi connectivity index (χ1) is 7.30. The minimum atomic E-state index is -3.56. The third kappa shape index (κ3) is 4.03. The molecule has 1 aromatic heterocycles. The average molecular weight is 324 g/mol. The van der Waals surface area contributed by atoms with Crippen LogP contribution in [0.5, 0.6) is 0 Å². The summed E-state index contributed by atoms with van der Waals surface area (Å²) in [5.74, 6) is -0.112. The van der Waals surface area contributed by atoms with Crippen molar-refractivity contribution >= 4 is 49.0 Å². The molecule has 5 nitrogen and oxygen atoms in total. The molecule has 0 aliphatic rings. The lowest BCUT2D eigenvalue weighted by molar-refractivity contribution is 0.604. The Morgan fingerprint density at radius 3 is 2.81 bits per heavy atom. The van der Waals surface area contributed by atoms with Crippen molar-refractivity contribution in [3.63, 3.8) is 0 Å². The summed E-state index contributed by atoms with van der Waals surface area (Å²) in [6.07, 6.45) is 1.51. The molecule has 0 radical (unpaired) electrons. The second-order valence-electron chi connectivity index (χ2n) is 3.15. The van der Waals surface area contributed by atoms with Gasteiger partial charge in [-0.3, -0.25) is 4.72 Å². The van der Waals surface area contributed by atoms with Gasteiger partial charge in [-0.15, -0.1) is 0 Å². The molecule has 0 saturated heterocycles. The molecule has 88 valence electrons. The molecule has 8 heteroatoms. The Hall–Kier alpha value is -0.730. The Kier molecular flexibility index (Phi) is 4.22. The lowest BCUT2D eigenvalue weighted by Gasteiger charge is -2.08. The van der Waals surface area contributed by atoms with E-state index in [4.69, 9.17) is 5.73 Å². The zero-order valence-electron chi connectivity index (χ0n) is 8.40. The Bertz CT molecular complexity index is 516.